The lowest BCUT2D eigenvalue weighted by molar-refractivity contribution is 0.710. The maximum atomic E-state index is 12.7. The van der Waals surface area contributed by atoms with Gasteiger partial charge in [0.25, 0.3) is 5.56 Å². The van der Waals surface area contributed by atoms with Crippen molar-refractivity contribution in [1.29, 1.82) is 5.26 Å². The first-order chi connectivity index (χ1) is 11.5. The Morgan fingerprint density at radius 2 is 1.96 bits per heavy atom. The summed E-state index contributed by atoms with van der Waals surface area (Å²) in [5.41, 5.74) is 7.42. The van der Waals surface area contributed by atoms with Gasteiger partial charge in [0.05, 0.1) is 28.2 Å². The number of fused-ring (bicyclic) bond motifs is 1. The van der Waals surface area contributed by atoms with Crippen LogP contribution in [0.25, 0.3) is 22.2 Å². The van der Waals surface area contributed by atoms with Gasteiger partial charge in [-0.1, -0.05) is 12.1 Å². The van der Waals surface area contributed by atoms with E-state index in [2.05, 4.69) is 6.07 Å². The highest BCUT2D eigenvalue weighted by atomic mass is 16.2. The van der Waals surface area contributed by atoms with Gasteiger partial charge in [0.2, 0.25) is 0 Å². The van der Waals surface area contributed by atoms with Gasteiger partial charge in [0.15, 0.2) is 0 Å². The lowest BCUT2D eigenvalue weighted by Crippen LogP contribution is -2.36. The zero-order valence-corrected chi connectivity index (χ0v) is 13.5. The van der Waals surface area contributed by atoms with Gasteiger partial charge in [-0.25, -0.2) is 4.79 Å². The molecule has 3 aromatic rings. The van der Waals surface area contributed by atoms with Crippen LogP contribution in [-0.2, 0) is 20.6 Å². The van der Waals surface area contributed by atoms with Gasteiger partial charge in [-0.3, -0.25) is 13.9 Å². The van der Waals surface area contributed by atoms with Crippen LogP contribution in [0.4, 0.5) is 0 Å². The molecule has 0 unspecified atom stereocenters. The number of nitriles is 1. The van der Waals surface area contributed by atoms with Gasteiger partial charge in [-0.15, -0.1) is 0 Å². The normalized spacial score (nSPS) is 10.9. The predicted molar refractivity (Wildman–Crippen MR) is 91.6 cm³/mol. The van der Waals surface area contributed by atoms with E-state index in [1.165, 1.54) is 11.6 Å². The lowest BCUT2D eigenvalue weighted by atomic mass is 10.1. The lowest BCUT2D eigenvalue weighted by Gasteiger charge is -2.09. The van der Waals surface area contributed by atoms with Gasteiger partial charge in [0, 0.05) is 38.9 Å². The second-order valence-electron chi connectivity index (χ2n) is 5.62. The Morgan fingerprint density at radius 1 is 1.21 bits per heavy atom. The molecule has 2 aromatic heterocycles. The minimum atomic E-state index is -0.380. The number of nitrogens with zero attached hydrogens (tertiary/aromatic N) is 4. The van der Waals surface area contributed by atoms with Gasteiger partial charge in [-0.05, 0) is 12.1 Å². The van der Waals surface area contributed by atoms with Crippen LogP contribution in [0.1, 0.15) is 5.56 Å². The van der Waals surface area contributed by atoms with Crippen molar-refractivity contribution >= 4 is 10.9 Å². The molecule has 24 heavy (non-hydrogen) atoms. The monoisotopic (exact) mass is 323 g/mol. The number of rotatable bonds is 3. The second kappa shape index (κ2) is 5.83. The maximum absolute atomic E-state index is 12.7. The summed E-state index contributed by atoms with van der Waals surface area (Å²) in [4.78, 5) is 24.9. The molecule has 0 spiro atoms. The number of benzene rings is 1. The quantitative estimate of drug-likeness (QED) is 0.760. The second-order valence-corrected chi connectivity index (χ2v) is 5.62. The average Bonchev–Trinajstić information content (AvgIpc) is 2.98. The Morgan fingerprint density at radius 3 is 2.62 bits per heavy atom. The van der Waals surface area contributed by atoms with Crippen molar-refractivity contribution in [2.45, 2.75) is 6.54 Å². The molecule has 0 amide bonds. The molecule has 7 nitrogen and oxygen atoms in total. The van der Waals surface area contributed by atoms with Crippen molar-refractivity contribution in [3.8, 4) is 17.3 Å². The molecule has 0 bridgehead atoms. The van der Waals surface area contributed by atoms with E-state index in [9.17, 15) is 9.59 Å². The fraction of sp³-hybridized carbons (Fsp3) is 0.235. The van der Waals surface area contributed by atoms with Crippen LogP contribution in [0.5, 0.6) is 0 Å². The van der Waals surface area contributed by atoms with Crippen molar-refractivity contribution in [2.24, 2.45) is 19.8 Å². The third kappa shape index (κ3) is 2.25. The highest BCUT2D eigenvalue weighted by molar-refractivity contribution is 5.93. The summed E-state index contributed by atoms with van der Waals surface area (Å²) in [5, 5.41) is 9.58. The predicted octanol–water partition coefficient (Wildman–Crippen LogP) is 0.536. The fourth-order valence-electron chi connectivity index (χ4n) is 2.95. The van der Waals surface area contributed by atoms with Crippen LogP contribution < -0.4 is 17.0 Å². The van der Waals surface area contributed by atoms with E-state index in [0.29, 0.717) is 35.2 Å². The summed E-state index contributed by atoms with van der Waals surface area (Å²) < 4.78 is 4.40. The third-order valence-electron chi connectivity index (χ3n) is 4.15. The van der Waals surface area contributed by atoms with E-state index in [-0.39, 0.29) is 11.2 Å². The van der Waals surface area contributed by atoms with E-state index < -0.39 is 0 Å². The Bertz CT molecular complexity index is 1100. The number of hydrogen-bond donors (Lipinski definition) is 1. The molecular formula is C17H17N5O2. The topological polar surface area (TPSA) is 98.7 Å². The van der Waals surface area contributed by atoms with Gasteiger partial charge in [0.1, 0.15) is 0 Å². The minimum Gasteiger partial charge on any atom is -0.343 e. The molecule has 0 atom stereocenters. The van der Waals surface area contributed by atoms with E-state index in [4.69, 9.17) is 11.0 Å². The highest BCUT2D eigenvalue weighted by Gasteiger charge is 2.19. The van der Waals surface area contributed by atoms with Crippen LogP contribution in [0.2, 0.25) is 0 Å². The summed E-state index contributed by atoms with van der Waals surface area (Å²) in [6.45, 7) is 0.887. The number of nitrogens with two attached hydrogens (primary N) is 1. The molecule has 0 radical (unpaired) electrons. The first-order valence-electron chi connectivity index (χ1n) is 7.49. The Balaban J connectivity index is 2.50. The first-order valence-corrected chi connectivity index (χ1v) is 7.49. The number of aromatic nitrogens is 3. The summed E-state index contributed by atoms with van der Waals surface area (Å²) in [6.07, 6.45) is 1.76. The standard InChI is InChI=1S/C17H17N5O2/c1-20-13-10-22(7-6-18)15(12-5-3-4-11(8-12)9-19)14(13)16(23)21(2)17(20)24/h3-5,8,10H,6-7,18H2,1-2H3. The molecule has 122 valence electrons. The number of aryl methyl sites for hydroxylation is 1. The number of hydrogen-bond acceptors (Lipinski definition) is 4. The van der Waals surface area contributed by atoms with Crippen LogP contribution in [0.15, 0.2) is 40.1 Å². The van der Waals surface area contributed by atoms with Crippen molar-refractivity contribution in [3.05, 3.63) is 56.9 Å². The largest absolute Gasteiger partial charge is 0.343 e. The third-order valence-corrected chi connectivity index (χ3v) is 4.15. The molecule has 0 aliphatic heterocycles. The minimum absolute atomic E-state index is 0.360. The van der Waals surface area contributed by atoms with Crippen molar-refractivity contribution in [2.75, 3.05) is 6.54 Å². The maximum Gasteiger partial charge on any atom is 0.330 e. The Labute approximate surface area is 137 Å². The summed E-state index contributed by atoms with van der Waals surface area (Å²) in [5.74, 6) is 0. The van der Waals surface area contributed by atoms with Gasteiger partial charge in [-0.2, -0.15) is 5.26 Å². The molecule has 3 rings (SSSR count). The van der Waals surface area contributed by atoms with E-state index in [1.807, 2.05) is 10.6 Å². The SMILES string of the molecule is Cn1c(=O)c2c(-c3cccc(C#N)c3)n(CCN)cc2n(C)c1=O. The molecule has 0 aliphatic carbocycles. The molecule has 2 N–H and O–H groups in total. The molecule has 2 heterocycles. The molecular weight excluding hydrogens is 306 g/mol. The van der Waals surface area contributed by atoms with E-state index in [1.54, 1.807) is 31.4 Å². The smallest absolute Gasteiger partial charge is 0.330 e. The summed E-state index contributed by atoms with van der Waals surface area (Å²) in [6, 6.07) is 9.15. The van der Waals surface area contributed by atoms with E-state index in [0.717, 1.165) is 10.1 Å². The summed E-state index contributed by atoms with van der Waals surface area (Å²) >= 11 is 0. The molecule has 0 saturated carbocycles. The van der Waals surface area contributed by atoms with Crippen LogP contribution in [0.3, 0.4) is 0 Å². The van der Waals surface area contributed by atoms with Crippen molar-refractivity contribution in [3.63, 3.8) is 0 Å². The van der Waals surface area contributed by atoms with Crippen molar-refractivity contribution in [1.82, 2.24) is 13.7 Å². The van der Waals surface area contributed by atoms with Crippen molar-refractivity contribution < 1.29 is 0 Å². The summed E-state index contributed by atoms with van der Waals surface area (Å²) in [7, 11) is 3.09. The zero-order valence-electron chi connectivity index (χ0n) is 13.5. The van der Waals surface area contributed by atoms with Gasteiger partial charge < -0.3 is 10.3 Å². The molecule has 0 fully saturated rings. The highest BCUT2D eigenvalue weighted by Crippen LogP contribution is 2.28. The van der Waals surface area contributed by atoms with Crippen LogP contribution >= 0.6 is 0 Å². The Kier molecular flexibility index (Phi) is 3.83. The molecule has 0 aliphatic rings. The molecule has 7 heteroatoms. The van der Waals surface area contributed by atoms with Crippen LogP contribution in [0, 0.1) is 11.3 Å². The Hall–Kier alpha value is -3.11. The molecule has 1 aromatic carbocycles. The van der Waals surface area contributed by atoms with E-state index >= 15 is 0 Å². The molecule has 0 saturated heterocycles. The fourth-order valence-corrected chi connectivity index (χ4v) is 2.95. The first kappa shape index (κ1) is 15.8. The zero-order chi connectivity index (χ0) is 17.4. The van der Waals surface area contributed by atoms with Gasteiger partial charge >= 0.3 is 5.69 Å². The van der Waals surface area contributed by atoms with Crippen LogP contribution in [-0.4, -0.2) is 20.2 Å². The average molecular weight is 323 g/mol.